The van der Waals surface area contributed by atoms with Crippen molar-refractivity contribution in [1.82, 2.24) is 5.32 Å². The first-order chi connectivity index (χ1) is 8.65. The maximum Gasteiger partial charge on any atom is 0.0914 e. The Labute approximate surface area is 110 Å². The smallest absolute Gasteiger partial charge is 0.0914 e. The van der Waals surface area contributed by atoms with Crippen molar-refractivity contribution in [2.45, 2.75) is 32.3 Å². The molecular formula is C15H25NO2. The third-order valence-corrected chi connectivity index (χ3v) is 3.03. The first kappa shape index (κ1) is 15.2. The van der Waals surface area contributed by atoms with Crippen molar-refractivity contribution in [3.63, 3.8) is 0 Å². The molecule has 3 heteroatoms. The Bertz CT molecular complexity index is 322. The van der Waals surface area contributed by atoms with Crippen LogP contribution in [0.4, 0.5) is 0 Å². The lowest BCUT2D eigenvalue weighted by molar-refractivity contribution is 0.168. The van der Waals surface area contributed by atoms with Crippen LogP contribution in [0.25, 0.3) is 0 Å². The Morgan fingerprint density at radius 1 is 1.17 bits per heavy atom. The van der Waals surface area contributed by atoms with Gasteiger partial charge in [0.05, 0.1) is 6.10 Å². The van der Waals surface area contributed by atoms with Gasteiger partial charge in [0.25, 0.3) is 0 Å². The number of hydrogen-bond acceptors (Lipinski definition) is 3. The van der Waals surface area contributed by atoms with Crippen molar-refractivity contribution in [1.29, 1.82) is 0 Å². The summed E-state index contributed by atoms with van der Waals surface area (Å²) in [5.41, 5.74) is 2.28. The fourth-order valence-corrected chi connectivity index (χ4v) is 1.80. The van der Waals surface area contributed by atoms with Gasteiger partial charge in [-0.15, -0.1) is 0 Å². The molecule has 0 aliphatic carbocycles. The predicted molar refractivity (Wildman–Crippen MR) is 74.9 cm³/mol. The molecule has 1 aromatic rings. The summed E-state index contributed by atoms with van der Waals surface area (Å²) in [6, 6.07) is 8.20. The topological polar surface area (TPSA) is 41.5 Å². The summed E-state index contributed by atoms with van der Waals surface area (Å²) in [6.45, 7) is 6.55. The third kappa shape index (κ3) is 5.17. The first-order valence-electron chi connectivity index (χ1n) is 6.62. The molecule has 0 aliphatic heterocycles. The van der Waals surface area contributed by atoms with Gasteiger partial charge < -0.3 is 15.2 Å². The van der Waals surface area contributed by atoms with Crippen LogP contribution in [0.5, 0.6) is 0 Å². The van der Waals surface area contributed by atoms with E-state index >= 15 is 0 Å². The van der Waals surface area contributed by atoms with E-state index < -0.39 is 6.10 Å². The van der Waals surface area contributed by atoms with Gasteiger partial charge in [0, 0.05) is 20.3 Å². The molecule has 3 nitrogen and oxygen atoms in total. The van der Waals surface area contributed by atoms with Gasteiger partial charge in [-0.05, 0) is 30.0 Å². The van der Waals surface area contributed by atoms with Crippen LogP contribution in [-0.4, -0.2) is 31.9 Å². The van der Waals surface area contributed by atoms with Crippen molar-refractivity contribution in [3.05, 3.63) is 35.4 Å². The van der Waals surface area contributed by atoms with Crippen LogP contribution in [0, 0.1) is 0 Å². The molecule has 18 heavy (non-hydrogen) atoms. The second kappa shape index (κ2) is 8.25. The van der Waals surface area contributed by atoms with Gasteiger partial charge in [0.15, 0.2) is 0 Å². The summed E-state index contributed by atoms with van der Waals surface area (Å²) < 4.78 is 4.97. The van der Waals surface area contributed by atoms with E-state index in [0.29, 0.717) is 12.5 Å². The summed E-state index contributed by atoms with van der Waals surface area (Å²) in [6.07, 6.45) is 0.531. The predicted octanol–water partition coefficient (Wildman–Crippen LogP) is 2.47. The SMILES string of the molecule is COCCCNCC(O)c1ccc(C(C)C)cc1. The lowest BCUT2D eigenvalue weighted by Gasteiger charge is -2.13. The highest BCUT2D eigenvalue weighted by molar-refractivity contribution is 5.26. The standard InChI is InChI=1S/C15H25NO2/c1-12(2)13-5-7-14(8-6-13)15(17)11-16-9-4-10-18-3/h5-8,12,15-17H,4,9-11H2,1-3H3. The third-order valence-electron chi connectivity index (χ3n) is 3.03. The van der Waals surface area contributed by atoms with Crippen LogP contribution in [0.2, 0.25) is 0 Å². The average Bonchev–Trinajstić information content (AvgIpc) is 2.38. The van der Waals surface area contributed by atoms with Crippen LogP contribution in [0.3, 0.4) is 0 Å². The number of aliphatic hydroxyl groups is 1. The molecule has 1 unspecified atom stereocenters. The highest BCUT2D eigenvalue weighted by atomic mass is 16.5. The van der Waals surface area contributed by atoms with E-state index in [2.05, 4.69) is 31.3 Å². The second-order valence-corrected chi connectivity index (χ2v) is 4.89. The molecule has 0 amide bonds. The quantitative estimate of drug-likeness (QED) is 0.697. The maximum atomic E-state index is 10.0. The number of benzene rings is 1. The highest BCUT2D eigenvalue weighted by Gasteiger charge is 2.07. The average molecular weight is 251 g/mol. The largest absolute Gasteiger partial charge is 0.387 e. The number of nitrogens with one attached hydrogen (secondary N) is 1. The summed E-state index contributed by atoms with van der Waals surface area (Å²) in [4.78, 5) is 0. The normalized spacial score (nSPS) is 12.9. The summed E-state index contributed by atoms with van der Waals surface area (Å²) in [5.74, 6) is 0.531. The van der Waals surface area contributed by atoms with Crippen LogP contribution in [0.15, 0.2) is 24.3 Å². The zero-order chi connectivity index (χ0) is 13.4. The fraction of sp³-hybridized carbons (Fsp3) is 0.600. The van der Waals surface area contributed by atoms with Crippen molar-refractivity contribution in [3.8, 4) is 0 Å². The van der Waals surface area contributed by atoms with E-state index in [9.17, 15) is 5.11 Å². The van der Waals surface area contributed by atoms with Crippen molar-refractivity contribution < 1.29 is 9.84 Å². The van der Waals surface area contributed by atoms with Crippen molar-refractivity contribution in [2.24, 2.45) is 0 Å². The molecule has 0 heterocycles. The first-order valence-corrected chi connectivity index (χ1v) is 6.62. The van der Waals surface area contributed by atoms with Gasteiger partial charge in [-0.1, -0.05) is 38.1 Å². The van der Waals surface area contributed by atoms with Gasteiger partial charge in [0.2, 0.25) is 0 Å². The zero-order valence-corrected chi connectivity index (χ0v) is 11.6. The summed E-state index contributed by atoms with van der Waals surface area (Å²) in [7, 11) is 1.70. The molecule has 0 bridgehead atoms. The van der Waals surface area contributed by atoms with Crippen LogP contribution < -0.4 is 5.32 Å². The number of aliphatic hydroxyl groups excluding tert-OH is 1. The number of ether oxygens (including phenoxy) is 1. The molecule has 0 aliphatic rings. The van der Waals surface area contributed by atoms with E-state index in [-0.39, 0.29) is 0 Å². The number of rotatable bonds is 8. The molecule has 1 rings (SSSR count). The molecular weight excluding hydrogens is 226 g/mol. The molecule has 102 valence electrons. The molecule has 1 atom stereocenters. The molecule has 0 radical (unpaired) electrons. The number of hydrogen-bond donors (Lipinski definition) is 2. The van der Waals surface area contributed by atoms with E-state index in [1.54, 1.807) is 7.11 Å². The lowest BCUT2D eigenvalue weighted by Crippen LogP contribution is -2.23. The van der Waals surface area contributed by atoms with Crippen LogP contribution in [0.1, 0.15) is 43.4 Å². The van der Waals surface area contributed by atoms with Crippen LogP contribution >= 0.6 is 0 Å². The minimum absolute atomic E-state index is 0.436. The molecule has 0 aromatic heterocycles. The fourth-order valence-electron chi connectivity index (χ4n) is 1.80. The van der Waals surface area contributed by atoms with Gasteiger partial charge in [-0.2, -0.15) is 0 Å². The Hall–Kier alpha value is -0.900. The molecule has 1 aromatic carbocycles. The molecule has 0 spiro atoms. The maximum absolute atomic E-state index is 10.0. The van der Waals surface area contributed by atoms with Gasteiger partial charge in [-0.3, -0.25) is 0 Å². The van der Waals surface area contributed by atoms with Gasteiger partial charge in [-0.25, -0.2) is 0 Å². The Morgan fingerprint density at radius 2 is 1.78 bits per heavy atom. The minimum atomic E-state index is -0.436. The summed E-state index contributed by atoms with van der Waals surface area (Å²) >= 11 is 0. The second-order valence-electron chi connectivity index (χ2n) is 4.89. The van der Waals surface area contributed by atoms with Gasteiger partial charge in [0.1, 0.15) is 0 Å². The molecule has 0 fully saturated rings. The van der Waals surface area contributed by atoms with E-state index in [4.69, 9.17) is 4.74 Å². The Kier molecular flexibility index (Phi) is 6.94. The van der Waals surface area contributed by atoms with Crippen LogP contribution in [-0.2, 0) is 4.74 Å². The molecule has 0 saturated heterocycles. The summed E-state index contributed by atoms with van der Waals surface area (Å²) in [5, 5.41) is 13.2. The Balaban J connectivity index is 2.34. The lowest BCUT2D eigenvalue weighted by atomic mass is 10.00. The number of methoxy groups -OCH3 is 1. The van der Waals surface area contributed by atoms with E-state index in [1.807, 2.05) is 12.1 Å². The van der Waals surface area contributed by atoms with Gasteiger partial charge >= 0.3 is 0 Å². The van der Waals surface area contributed by atoms with Crippen molar-refractivity contribution >= 4 is 0 Å². The molecule has 2 N–H and O–H groups in total. The zero-order valence-electron chi connectivity index (χ0n) is 11.6. The highest BCUT2D eigenvalue weighted by Crippen LogP contribution is 2.18. The molecule has 0 saturated carbocycles. The minimum Gasteiger partial charge on any atom is -0.387 e. The van der Waals surface area contributed by atoms with E-state index in [0.717, 1.165) is 25.1 Å². The monoisotopic (exact) mass is 251 g/mol. The van der Waals surface area contributed by atoms with E-state index in [1.165, 1.54) is 5.56 Å². The Morgan fingerprint density at radius 3 is 2.33 bits per heavy atom. The van der Waals surface area contributed by atoms with Crippen molar-refractivity contribution in [2.75, 3.05) is 26.8 Å².